The Morgan fingerprint density at radius 1 is 1.25 bits per heavy atom. The van der Waals surface area contributed by atoms with Crippen LogP contribution in [0.25, 0.3) is 0 Å². The molecular formula is C5H5FLiN2O2S+. The fraction of sp³-hybridized carbons (Fsp3) is 0.200. The van der Waals surface area contributed by atoms with Crippen LogP contribution in [0.2, 0.25) is 0 Å². The Morgan fingerprint density at radius 3 is 1.50 bits per heavy atom. The molecule has 0 radical (unpaired) electrons. The summed E-state index contributed by atoms with van der Waals surface area (Å²) in [6, 6.07) is 1.94. The standard InChI is InChI=1S/C3HFN2O2S.C2H4.Li/c4-9(7,8)3(1-5)2-6;1-2;/h3H;1-2H2;/q;;+1. The number of hydrogen-bond donors (Lipinski definition) is 0. The molecule has 0 bridgehead atoms. The minimum atomic E-state index is -4.99. The molecule has 60 valence electrons. The first-order valence-electron chi connectivity index (χ1n) is 2.25. The zero-order valence-electron chi connectivity index (χ0n) is 6.49. The molecule has 12 heavy (non-hydrogen) atoms. The van der Waals surface area contributed by atoms with Gasteiger partial charge in [-0.3, -0.25) is 0 Å². The molecule has 0 aliphatic carbocycles. The number of halogens is 1. The number of rotatable bonds is 1. The molecule has 4 nitrogen and oxygen atoms in total. The maximum Gasteiger partial charge on any atom is 1.00 e. The average molecular weight is 183 g/mol. The summed E-state index contributed by atoms with van der Waals surface area (Å²) >= 11 is 0. The Bertz CT molecular complexity index is 276. The molecule has 0 aromatic heterocycles. The largest absolute Gasteiger partial charge is 1.00 e. The summed E-state index contributed by atoms with van der Waals surface area (Å²) in [5.74, 6) is 0. The smallest absolute Gasteiger partial charge is 0.196 e. The summed E-state index contributed by atoms with van der Waals surface area (Å²) in [5, 5.41) is 13.4. The molecule has 0 unspecified atom stereocenters. The predicted molar refractivity (Wildman–Crippen MR) is 36.3 cm³/mol. The SMILES string of the molecule is C=C.N#CC(C#N)S(=O)(=O)F.[Li+]. The van der Waals surface area contributed by atoms with Crippen molar-refractivity contribution in [2.75, 3.05) is 0 Å². The van der Waals surface area contributed by atoms with Crippen LogP contribution in [0.3, 0.4) is 0 Å². The molecule has 0 rings (SSSR count). The van der Waals surface area contributed by atoms with E-state index in [4.69, 9.17) is 10.5 Å². The Morgan fingerprint density at radius 2 is 1.50 bits per heavy atom. The molecular weight excluding hydrogens is 178 g/mol. The fourth-order valence-corrected chi connectivity index (χ4v) is 0.407. The minimum absolute atomic E-state index is 0. The van der Waals surface area contributed by atoms with Crippen LogP contribution in [0.15, 0.2) is 13.2 Å². The van der Waals surface area contributed by atoms with E-state index in [9.17, 15) is 12.3 Å². The molecule has 7 heteroatoms. The van der Waals surface area contributed by atoms with Crippen molar-refractivity contribution in [2.45, 2.75) is 5.25 Å². The molecule has 0 N–H and O–H groups in total. The van der Waals surface area contributed by atoms with Gasteiger partial charge in [0.05, 0.1) is 0 Å². The van der Waals surface area contributed by atoms with Crippen LogP contribution in [0.4, 0.5) is 3.89 Å². The van der Waals surface area contributed by atoms with Gasteiger partial charge >= 0.3 is 29.1 Å². The monoisotopic (exact) mass is 183 g/mol. The molecule has 0 aromatic carbocycles. The van der Waals surface area contributed by atoms with Crippen LogP contribution in [0.5, 0.6) is 0 Å². The maximum absolute atomic E-state index is 11.6. The van der Waals surface area contributed by atoms with Crippen molar-refractivity contribution >= 4 is 10.2 Å². The minimum Gasteiger partial charge on any atom is -0.196 e. The van der Waals surface area contributed by atoms with Crippen molar-refractivity contribution in [1.82, 2.24) is 0 Å². The van der Waals surface area contributed by atoms with E-state index in [1.807, 2.05) is 0 Å². The second-order valence-corrected chi connectivity index (χ2v) is 2.54. The van der Waals surface area contributed by atoms with Crippen LogP contribution in [-0.2, 0) is 10.2 Å². The second-order valence-electron chi connectivity index (χ2n) is 1.11. The van der Waals surface area contributed by atoms with E-state index < -0.39 is 15.5 Å². The van der Waals surface area contributed by atoms with Gasteiger partial charge in [0.2, 0.25) is 0 Å². The van der Waals surface area contributed by atoms with Crippen LogP contribution in [-0.4, -0.2) is 13.7 Å². The predicted octanol–water partition coefficient (Wildman–Crippen LogP) is -2.49. The summed E-state index contributed by atoms with van der Waals surface area (Å²) < 4.78 is 30.9. The first-order valence-corrected chi connectivity index (χ1v) is 3.69. The molecule has 0 amide bonds. The van der Waals surface area contributed by atoms with Gasteiger partial charge in [0.15, 0.2) is 0 Å². The van der Waals surface area contributed by atoms with Crippen LogP contribution in [0, 0.1) is 22.7 Å². The van der Waals surface area contributed by atoms with Crippen molar-refractivity contribution in [2.24, 2.45) is 0 Å². The Labute approximate surface area is 82.7 Å². The van der Waals surface area contributed by atoms with Crippen LogP contribution in [0.1, 0.15) is 0 Å². The first-order chi connectivity index (χ1) is 5.02. The number of nitrogens with zero attached hydrogens (tertiary/aromatic N) is 2. The summed E-state index contributed by atoms with van der Waals surface area (Å²) in [5.41, 5.74) is 0. The third kappa shape index (κ3) is 7.31. The van der Waals surface area contributed by atoms with Gasteiger partial charge in [-0.1, -0.05) is 0 Å². The van der Waals surface area contributed by atoms with Crippen molar-refractivity contribution in [3.8, 4) is 12.1 Å². The van der Waals surface area contributed by atoms with Gasteiger partial charge < -0.3 is 0 Å². The molecule has 0 heterocycles. The van der Waals surface area contributed by atoms with E-state index in [1.165, 1.54) is 0 Å². The summed E-state index contributed by atoms with van der Waals surface area (Å²) in [7, 11) is -4.99. The molecule has 0 atom stereocenters. The van der Waals surface area contributed by atoms with E-state index in [0.717, 1.165) is 12.1 Å². The van der Waals surface area contributed by atoms with E-state index >= 15 is 0 Å². The van der Waals surface area contributed by atoms with E-state index in [2.05, 4.69) is 13.2 Å². The average Bonchev–Trinajstić information content (AvgIpc) is 1.92. The normalized spacial score (nSPS) is 8.00. The van der Waals surface area contributed by atoms with Crippen molar-refractivity contribution < 1.29 is 31.2 Å². The van der Waals surface area contributed by atoms with Gasteiger partial charge in [-0.05, 0) is 0 Å². The van der Waals surface area contributed by atoms with Gasteiger partial charge in [0.25, 0.3) is 5.25 Å². The first kappa shape index (κ1) is 17.3. The zero-order chi connectivity index (χ0) is 9.49. The zero-order valence-corrected chi connectivity index (χ0v) is 7.31. The third-order valence-corrected chi connectivity index (χ3v) is 1.29. The Balaban J connectivity index is -0.000000249. The van der Waals surface area contributed by atoms with Gasteiger partial charge in [0.1, 0.15) is 12.1 Å². The van der Waals surface area contributed by atoms with Crippen molar-refractivity contribution in [3.63, 3.8) is 0 Å². The van der Waals surface area contributed by atoms with Gasteiger partial charge in [0, 0.05) is 0 Å². The molecule has 0 aromatic rings. The van der Waals surface area contributed by atoms with E-state index in [-0.39, 0.29) is 18.9 Å². The summed E-state index contributed by atoms with van der Waals surface area (Å²) in [6.45, 7) is 6.00. The molecule has 0 aliphatic rings. The number of nitriles is 2. The fourth-order valence-electron chi connectivity index (χ4n) is 0.155. The summed E-state index contributed by atoms with van der Waals surface area (Å²) in [4.78, 5) is 0. The third-order valence-electron chi connectivity index (χ3n) is 0.516. The van der Waals surface area contributed by atoms with Gasteiger partial charge in [-0.25, -0.2) is 0 Å². The van der Waals surface area contributed by atoms with Crippen molar-refractivity contribution in [3.05, 3.63) is 13.2 Å². The number of hydrogen-bond acceptors (Lipinski definition) is 4. The molecule has 0 aliphatic heterocycles. The van der Waals surface area contributed by atoms with Gasteiger partial charge in [-0.15, -0.1) is 17.0 Å². The second kappa shape index (κ2) is 8.30. The topological polar surface area (TPSA) is 81.7 Å². The van der Waals surface area contributed by atoms with Gasteiger partial charge in [-0.2, -0.15) is 18.9 Å². The maximum atomic E-state index is 11.6. The quantitative estimate of drug-likeness (QED) is 0.256. The van der Waals surface area contributed by atoms with Crippen LogP contribution < -0.4 is 18.9 Å². The Hall–Kier alpha value is -0.803. The molecule has 0 fully saturated rings. The van der Waals surface area contributed by atoms with Crippen molar-refractivity contribution in [1.29, 1.82) is 10.5 Å². The molecule has 0 spiro atoms. The van der Waals surface area contributed by atoms with Crippen LogP contribution >= 0.6 is 0 Å². The summed E-state index contributed by atoms with van der Waals surface area (Å²) in [6.07, 6.45) is 0. The van der Waals surface area contributed by atoms with E-state index in [1.54, 1.807) is 0 Å². The van der Waals surface area contributed by atoms with E-state index in [0.29, 0.717) is 0 Å². The Kier molecular flexibility index (Phi) is 12.0. The molecule has 0 saturated carbocycles. The molecule has 0 saturated heterocycles.